The number of rotatable bonds is 2. The van der Waals surface area contributed by atoms with Crippen molar-refractivity contribution in [3.05, 3.63) is 32.8 Å². The second kappa shape index (κ2) is 4.37. The van der Waals surface area contributed by atoms with Crippen LogP contribution < -0.4 is 5.56 Å². The quantitative estimate of drug-likeness (QED) is 0.860. The molecule has 0 aliphatic rings. The number of halogens is 1. The summed E-state index contributed by atoms with van der Waals surface area (Å²) in [6, 6.07) is 1.70. The molecule has 90 valence electrons. The van der Waals surface area contributed by atoms with Gasteiger partial charge in [-0.3, -0.25) is 4.79 Å². The number of carbonyl (C=O) groups is 1. The van der Waals surface area contributed by atoms with E-state index in [1.807, 2.05) is 0 Å². The van der Waals surface area contributed by atoms with Gasteiger partial charge >= 0.3 is 5.97 Å². The van der Waals surface area contributed by atoms with Crippen LogP contribution in [-0.2, 0) is 11.8 Å². The fraction of sp³-hybridized carbons (Fsp3) is 0.273. The number of aromatic amines is 1. The van der Waals surface area contributed by atoms with Gasteiger partial charge in [0.05, 0.1) is 16.8 Å². The number of H-pyrrole nitrogens is 1. The summed E-state index contributed by atoms with van der Waals surface area (Å²) in [7, 11) is 1.60. The van der Waals surface area contributed by atoms with Crippen molar-refractivity contribution in [3.63, 3.8) is 0 Å². The monoisotopic (exact) mass is 298 g/mol. The highest BCUT2D eigenvalue weighted by molar-refractivity contribution is 9.10. The SMILES string of the molecule is CCOC(=O)c1cn(C)c(=O)c2[nH]c(Br)cc12. The summed E-state index contributed by atoms with van der Waals surface area (Å²) in [5, 5.41) is 0.568. The van der Waals surface area contributed by atoms with E-state index in [-0.39, 0.29) is 5.56 Å². The van der Waals surface area contributed by atoms with Crippen LogP contribution in [0.25, 0.3) is 10.9 Å². The van der Waals surface area contributed by atoms with Gasteiger partial charge in [0.25, 0.3) is 5.56 Å². The molecule has 0 saturated heterocycles. The normalized spacial score (nSPS) is 10.8. The lowest BCUT2D eigenvalue weighted by Crippen LogP contribution is -2.19. The maximum absolute atomic E-state index is 11.8. The molecule has 2 rings (SSSR count). The number of aromatic nitrogens is 2. The van der Waals surface area contributed by atoms with Crippen LogP contribution in [0.1, 0.15) is 17.3 Å². The molecule has 0 fully saturated rings. The molecule has 2 aromatic rings. The Morgan fingerprint density at radius 1 is 1.59 bits per heavy atom. The van der Waals surface area contributed by atoms with Gasteiger partial charge in [-0.15, -0.1) is 0 Å². The van der Waals surface area contributed by atoms with Crippen LogP contribution in [0.5, 0.6) is 0 Å². The molecule has 1 N–H and O–H groups in total. The van der Waals surface area contributed by atoms with E-state index in [9.17, 15) is 9.59 Å². The smallest absolute Gasteiger partial charge is 0.340 e. The van der Waals surface area contributed by atoms with Crippen molar-refractivity contribution < 1.29 is 9.53 Å². The van der Waals surface area contributed by atoms with E-state index >= 15 is 0 Å². The highest BCUT2D eigenvalue weighted by Gasteiger charge is 2.16. The largest absolute Gasteiger partial charge is 0.462 e. The second-order valence-corrected chi connectivity index (χ2v) is 4.44. The van der Waals surface area contributed by atoms with Crippen LogP contribution in [0.4, 0.5) is 0 Å². The van der Waals surface area contributed by atoms with E-state index in [2.05, 4.69) is 20.9 Å². The Hall–Kier alpha value is -1.56. The minimum Gasteiger partial charge on any atom is -0.462 e. The van der Waals surface area contributed by atoms with Crippen LogP contribution in [0, 0.1) is 0 Å². The van der Waals surface area contributed by atoms with Gasteiger partial charge in [0.15, 0.2) is 0 Å². The number of esters is 1. The van der Waals surface area contributed by atoms with Crippen LogP contribution in [0.2, 0.25) is 0 Å². The van der Waals surface area contributed by atoms with Crippen LogP contribution in [0.15, 0.2) is 21.7 Å². The van der Waals surface area contributed by atoms with E-state index < -0.39 is 5.97 Å². The van der Waals surface area contributed by atoms with E-state index in [0.717, 1.165) is 0 Å². The summed E-state index contributed by atoms with van der Waals surface area (Å²) >= 11 is 3.25. The molecule has 0 aliphatic heterocycles. The van der Waals surface area contributed by atoms with E-state index in [1.54, 1.807) is 20.0 Å². The van der Waals surface area contributed by atoms with E-state index in [4.69, 9.17) is 4.74 Å². The number of hydrogen-bond donors (Lipinski definition) is 1. The molecule has 2 aromatic heterocycles. The van der Waals surface area contributed by atoms with Crippen LogP contribution >= 0.6 is 15.9 Å². The van der Waals surface area contributed by atoms with Crippen molar-refractivity contribution in [1.82, 2.24) is 9.55 Å². The number of fused-ring (bicyclic) bond motifs is 1. The third-order valence-corrected chi connectivity index (χ3v) is 2.85. The highest BCUT2D eigenvalue weighted by atomic mass is 79.9. The Balaban J connectivity index is 2.75. The molecule has 0 amide bonds. The third kappa shape index (κ3) is 2.00. The first-order chi connectivity index (χ1) is 8.04. The maximum Gasteiger partial charge on any atom is 0.340 e. The molecule has 0 bridgehead atoms. The minimum atomic E-state index is -0.431. The summed E-state index contributed by atoms with van der Waals surface area (Å²) in [5.41, 5.74) is 0.592. The number of nitrogens with zero attached hydrogens (tertiary/aromatic N) is 1. The van der Waals surface area contributed by atoms with Gasteiger partial charge in [0, 0.05) is 18.6 Å². The molecular weight excluding hydrogens is 288 g/mol. The van der Waals surface area contributed by atoms with Crippen molar-refractivity contribution in [2.24, 2.45) is 7.05 Å². The predicted molar refractivity (Wildman–Crippen MR) is 67.2 cm³/mol. The Morgan fingerprint density at radius 3 is 2.94 bits per heavy atom. The average molecular weight is 299 g/mol. The average Bonchev–Trinajstić information content (AvgIpc) is 2.66. The molecule has 0 aromatic carbocycles. The topological polar surface area (TPSA) is 64.1 Å². The van der Waals surface area contributed by atoms with Crippen LogP contribution in [0.3, 0.4) is 0 Å². The standard InChI is InChI=1S/C11H11BrN2O3/c1-3-17-11(16)7-5-14(2)10(15)9-6(7)4-8(12)13-9/h4-5,13H,3H2,1-2H3. The summed E-state index contributed by atoms with van der Waals surface area (Å²) in [4.78, 5) is 26.5. The van der Waals surface area contributed by atoms with E-state index in [0.29, 0.717) is 27.7 Å². The molecule has 0 spiro atoms. The Kier molecular flexibility index (Phi) is 3.06. The predicted octanol–water partition coefficient (Wildman–Crippen LogP) is 1.81. The number of ether oxygens (including phenoxy) is 1. The Morgan fingerprint density at radius 2 is 2.29 bits per heavy atom. The summed E-state index contributed by atoms with van der Waals surface area (Å²) < 4.78 is 6.97. The van der Waals surface area contributed by atoms with E-state index in [1.165, 1.54) is 10.8 Å². The number of hydrogen-bond acceptors (Lipinski definition) is 3. The second-order valence-electron chi connectivity index (χ2n) is 3.59. The summed E-state index contributed by atoms with van der Waals surface area (Å²) in [6.07, 6.45) is 1.49. The van der Waals surface area contributed by atoms with Crippen molar-refractivity contribution in [3.8, 4) is 0 Å². The zero-order chi connectivity index (χ0) is 12.6. The Bertz CT molecular complexity index is 642. The third-order valence-electron chi connectivity index (χ3n) is 2.43. The molecule has 0 unspecified atom stereocenters. The summed E-state index contributed by atoms with van der Waals surface area (Å²) in [6.45, 7) is 2.04. The fourth-order valence-electron chi connectivity index (χ4n) is 1.67. The lowest BCUT2D eigenvalue weighted by Gasteiger charge is -2.05. The van der Waals surface area contributed by atoms with Gasteiger partial charge in [-0.2, -0.15) is 0 Å². The fourth-order valence-corrected chi connectivity index (χ4v) is 2.10. The first kappa shape index (κ1) is 11.9. The maximum atomic E-state index is 11.8. The first-order valence-corrected chi connectivity index (χ1v) is 5.89. The van der Waals surface area contributed by atoms with Gasteiger partial charge in [-0.1, -0.05) is 0 Å². The number of aryl methyl sites for hydroxylation is 1. The van der Waals surface area contributed by atoms with Crippen LogP contribution in [-0.4, -0.2) is 22.1 Å². The number of pyridine rings is 1. The van der Waals surface area contributed by atoms with Crippen molar-refractivity contribution in [2.45, 2.75) is 6.92 Å². The van der Waals surface area contributed by atoms with Gasteiger partial charge in [-0.05, 0) is 28.9 Å². The minimum absolute atomic E-state index is 0.182. The molecular formula is C11H11BrN2O3. The van der Waals surface area contributed by atoms with Crippen molar-refractivity contribution in [2.75, 3.05) is 6.61 Å². The molecule has 5 nitrogen and oxygen atoms in total. The zero-order valence-corrected chi connectivity index (χ0v) is 11.0. The van der Waals surface area contributed by atoms with Gasteiger partial charge in [0.2, 0.25) is 0 Å². The molecule has 17 heavy (non-hydrogen) atoms. The van der Waals surface area contributed by atoms with Crippen molar-refractivity contribution >= 4 is 32.8 Å². The zero-order valence-electron chi connectivity index (χ0n) is 9.41. The highest BCUT2D eigenvalue weighted by Crippen LogP contribution is 2.20. The molecule has 2 heterocycles. The number of carbonyl (C=O) groups excluding carboxylic acids is 1. The van der Waals surface area contributed by atoms with Gasteiger partial charge in [-0.25, -0.2) is 4.79 Å². The Labute approximate surface area is 106 Å². The molecule has 0 saturated carbocycles. The molecule has 0 atom stereocenters. The summed E-state index contributed by atoms with van der Waals surface area (Å²) in [5.74, 6) is -0.431. The first-order valence-electron chi connectivity index (χ1n) is 5.09. The lowest BCUT2D eigenvalue weighted by atomic mass is 10.2. The molecule has 0 radical (unpaired) electrons. The lowest BCUT2D eigenvalue weighted by molar-refractivity contribution is 0.0528. The molecule has 6 heteroatoms. The molecule has 0 aliphatic carbocycles. The van der Waals surface area contributed by atoms with Gasteiger partial charge in [0.1, 0.15) is 5.52 Å². The number of nitrogens with one attached hydrogen (secondary N) is 1. The van der Waals surface area contributed by atoms with Crippen molar-refractivity contribution in [1.29, 1.82) is 0 Å². The van der Waals surface area contributed by atoms with Gasteiger partial charge < -0.3 is 14.3 Å².